The number of benzene rings is 2. The van der Waals surface area contributed by atoms with Gasteiger partial charge in [0.15, 0.2) is 0 Å². The van der Waals surface area contributed by atoms with Crippen LogP contribution in [0.5, 0.6) is 0 Å². The van der Waals surface area contributed by atoms with Crippen LogP contribution in [0.3, 0.4) is 0 Å². The molecule has 0 aliphatic carbocycles. The Morgan fingerprint density at radius 2 is 1.28 bits per heavy atom. The van der Waals surface area contributed by atoms with E-state index >= 15 is 0 Å². The van der Waals surface area contributed by atoms with Crippen LogP contribution in [0.4, 0.5) is 0 Å². The van der Waals surface area contributed by atoms with Gasteiger partial charge in [-0.1, -0.05) is 109 Å². The smallest absolute Gasteiger partial charge is 0.111 e. The molecule has 2 aromatic carbocycles. The molecular weight excluding hydrogens is 508 g/mol. The van der Waals surface area contributed by atoms with Crippen LogP contribution < -0.4 is 10.6 Å². The summed E-state index contributed by atoms with van der Waals surface area (Å²) in [6.07, 6.45) is 0.864. The second kappa shape index (κ2) is 14.7. The molecule has 0 N–H and O–H groups in total. The maximum atomic E-state index is 11.8. The molecule has 5 heteroatoms. The summed E-state index contributed by atoms with van der Waals surface area (Å²) < 4.78 is 0. The van der Waals surface area contributed by atoms with Gasteiger partial charge in [-0.25, -0.2) is 0 Å². The number of ketones is 1. The Bertz CT molecular complexity index is 772. The van der Waals surface area contributed by atoms with Crippen molar-refractivity contribution >= 4 is 41.2 Å². The van der Waals surface area contributed by atoms with Crippen molar-refractivity contribution in [2.45, 2.75) is 48.0 Å². The molecule has 0 saturated carbocycles. The van der Waals surface area contributed by atoms with Gasteiger partial charge in [-0.15, -0.1) is 17.7 Å². The van der Waals surface area contributed by atoms with Crippen molar-refractivity contribution in [3.05, 3.63) is 74.5 Å². The zero-order chi connectivity index (χ0) is 23.7. The summed E-state index contributed by atoms with van der Waals surface area (Å²) in [6, 6.07) is 20.7. The molecule has 2 rings (SSSR count). The molecular formula is C27H37O2PSY-2. The van der Waals surface area contributed by atoms with E-state index in [1.54, 1.807) is 0 Å². The van der Waals surface area contributed by atoms with Gasteiger partial charge in [-0.05, 0) is 23.9 Å². The molecule has 1 atom stereocenters. The molecule has 0 bridgehead atoms. The van der Waals surface area contributed by atoms with Gasteiger partial charge < -0.3 is 23.4 Å². The van der Waals surface area contributed by atoms with Gasteiger partial charge in [-0.3, -0.25) is 0 Å². The molecule has 0 amide bonds. The molecule has 0 fully saturated rings. The monoisotopic (exact) mass is 545 g/mol. The Morgan fingerprint density at radius 1 is 0.875 bits per heavy atom. The molecule has 0 aliphatic heterocycles. The van der Waals surface area contributed by atoms with Crippen molar-refractivity contribution in [2.75, 3.05) is 5.49 Å². The van der Waals surface area contributed by atoms with Crippen LogP contribution in [0.15, 0.2) is 60.7 Å². The first kappa shape index (κ1) is 31.5. The largest absolute Gasteiger partial charge is 0.333 e. The van der Waals surface area contributed by atoms with Crippen LogP contribution in [0.1, 0.15) is 48.0 Å². The second-order valence-electron chi connectivity index (χ2n) is 9.82. The first-order chi connectivity index (χ1) is 14.3. The summed E-state index contributed by atoms with van der Waals surface area (Å²) in [6.45, 7) is 19.7. The molecule has 1 unspecified atom stereocenters. The average molecular weight is 546 g/mol. The van der Waals surface area contributed by atoms with E-state index < -0.39 is 7.92 Å². The predicted octanol–water partition coefficient (Wildman–Crippen LogP) is 6.66. The number of carbonyl (C=O) groups excluding carboxylic acids is 2. The van der Waals surface area contributed by atoms with E-state index in [-0.39, 0.29) is 60.4 Å². The van der Waals surface area contributed by atoms with E-state index in [0.29, 0.717) is 0 Å². The first-order valence-electron chi connectivity index (χ1n) is 10.5. The summed E-state index contributed by atoms with van der Waals surface area (Å²) in [5.41, 5.74) is 0.733. The third-order valence-corrected chi connectivity index (χ3v) is 8.17. The molecule has 0 aliphatic rings. The number of Topliss-reactive ketones (excluding diaryl/α,β-unsaturated/α-hetero) is 1. The van der Waals surface area contributed by atoms with Gasteiger partial charge >= 0.3 is 0 Å². The third kappa shape index (κ3) is 12.7. The molecule has 2 aromatic rings. The molecule has 173 valence electrons. The molecule has 32 heavy (non-hydrogen) atoms. The van der Waals surface area contributed by atoms with Crippen LogP contribution in [-0.4, -0.2) is 16.4 Å². The topological polar surface area (TPSA) is 34.1 Å². The van der Waals surface area contributed by atoms with Crippen LogP contribution in [0, 0.1) is 30.6 Å². The fraction of sp³-hybridized carbons (Fsp3) is 0.407. The summed E-state index contributed by atoms with van der Waals surface area (Å²) >= 11 is 1.31. The minimum absolute atomic E-state index is 0. The number of carbonyl (C=O) groups is 2. The summed E-state index contributed by atoms with van der Waals surface area (Å²) in [4.78, 5) is 22.9. The molecule has 0 aromatic heterocycles. The van der Waals surface area contributed by atoms with Crippen molar-refractivity contribution in [3.8, 4) is 0 Å². The quantitative estimate of drug-likeness (QED) is 0.301. The van der Waals surface area contributed by atoms with Crippen molar-refractivity contribution < 1.29 is 42.3 Å². The summed E-state index contributed by atoms with van der Waals surface area (Å²) in [7, 11) is -0.481. The number of hydrogen-bond acceptors (Lipinski definition) is 3. The standard InChI is InChI=1S/C15H14OPS.C12H23O.Y/c1-13(16)18-12-17(14-8-4-2-5-9-14)15-10-6-3-7-11-15;1-9(8-11(2,3)4)10(13)12(5,6)7;/h2-11H,1,12H2;9H,1,8H2,2-7H3;/q2*-1;. The normalized spacial score (nSPS) is 12.2. The third-order valence-electron chi connectivity index (χ3n) is 4.46. The van der Waals surface area contributed by atoms with Crippen LogP contribution >= 0.6 is 19.7 Å². The Kier molecular flexibility index (Phi) is 14.5. The molecule has 0 saturated heterocycles. The van der Waals surface area contributed by atoms with Crippen LogP contribution in [0.2, 0.25) is 0 Å². The Morgan fingerprint density at radius 3 is 1.59 bits per heavy atom. The van der Waals surface area contributed by atoms with E-state index in [4.69, 9.17) is 0 Å². The summed E-state index contributed by atoms with van der Waals surface area (Å²) in [5, 5.41) is 2.54. The van der Waals surface area contributed by atoms with Crippen molar-refractivity contribution in [1.29, 1.82) is 0 Å². The Hall–Kier alpha value is -0.466. The minimum atomic E-state index is -0.481. The SMILES string of the molecule is [CH2-]C(=O)SCP(c1ccccc1)c1ccccc1.[CH2-]C(CC(C)(C)C)C(=O)C(C)(C)C.[Y]. The van der Waals surface area contributed by atoms with Crippen molar-refractivity contribution in [2.24, 2.45) is 16.7 Å². The fourth-order valence-corrected chi connectivity index (χ4v) is 6.74. The van der Waals surface area contributed by atoms with E-state index in [1.165, 1.54) is 22.4 Å². The molecule has 0 heterocycles. The van der Waals surface area contributed by atoms with Gasteiger partial charge in [-0.2, -0.15) is 0 Å². The van der Waals surface area contributed by atoms with Gasteiger partial charge in [0, 0.05) is 43.6 Å². The second-order valence-corrected chi connectivity index (χ2v) is 13.5. The number of rotatable bonds is 6. The van der Waals surface area contributed by atoms with Gasteiger partial charge in [0.2, 0.25) is 0 Å². The first-order valence-corrected chi connectivity index (χ1v) is 13.1. The predicted molar refractivity (Wildman–Crippen MR) is 139 cm³/mol. The maximum Gasteiger partial charge on any atom is 0.111 e. The van der Waals surface area contributed by atoms with Gasteiger partial charge in [0.25, 0.3) is 0 Å². The van der Waals surface area contributed by atoms with Gasteiger partial charge in [0.05, 0.1) is 5.12 Å². The number of hydrogen-bond donors (Lipinski definition) is 0. The van der Waals surface area contributed by atoms with E-state index in [9.17, 15) is 9.59 Å². The van der Waals surface area contributed by atoms with E-state index in [0.717, 1.165) is 11.9 Å². The average Bonchev–Trinajstić information content (AvgIpc) is 2.67. The van der Waals surface area contributed by atoms with Crippen LogP contribution in [0.25, 0.3) is 0 Å². The Balaban J connectivity index is 0.000000617. The van der Waals surface area contributed by atoms with E-state index in [2.05, 4.69) is 58.9 Å². The van der Waals surface area contributed by atoms with Crippen LogP contribution in [-0.2, 0) is 42.3 Å². The summed E-state index contributed by atoms with van der Waals surface area (Å²) in [5.74, 6) is 0.197. The molecule has 0 spiro atoms. The number of thioether (sulfide) groups is 1. The molecule has 1 radical (unpaired) electrons. The maximum absolute atomic E-state index is 11.8. The Labute approximate surface area is 226 Å². The van der Waals surface area contributed by atoms with Crippen molar-refractivity contribution in [3.63, 3.8) is 0 Å². The zero-order valence-corrected chi connectivity index (χ0v) is 25.0. The zero-order valence-electron chi connectivity index (χ0n) is 20.4. The fourth-order valence-electron chi connectivity index (χ4n) is 3.09. The molecule has 2 nitrogen and oxygen atoms in total. The van der Waals surface area contributed by atoms with Crippen molar-refractivity contribution in [1.82, 2.24) is 0 Å². The van der Waals surface area contributed by atoms with E-state index in [1.807, 2.05) is 57.2 Å². The van der Waals surface area contributed by atoms with Gasteiger partial charge in [0.1, 0.15) is 5.78 Å². The minimum Gasteiger partial charge on any atom is -0.333 e.